The molecule has 3 N–H and O–H groups in total. The lowest BCUT2D eigenvalue weighted by Crippen LogP contribution is -2.31. The Kier molecular flexibility index (Phi) is 8.99. The summed E-state index contributed by atoms with van der Waals surface area (Å²) in [7, 11) is 1.58. The summed E-state index contributed by atoms with van der Waals surface area (Å²) in [6.45, 7) is 4.57. The maximum absolute atomic E-state index is 14.4. The summed E-state index contributed by atoms with van der Waals surface area (Å²) in [5.41, 5.74) is 5.04. The Bertz CT molecular complexity index is 1540. The van der Waals surface area contributed by atoms with Gasteiger partial charge in [-0.2, -0.15) is 9.49 Å². The molecule has 3 aromatic carbocycles. The van der Waals surface area contributed by atoms with Crippen LogP contribution < -0.4 is 15.4 Å². The number of nitrogens with one attached hydrogen (secondary N) is 3. The van der Waals surface area contributed by atoms with Crippen LogP contribution in [0.1, 0.15) is 37.0 Å². The zero-order valence-corrected chi connectivity index (χ0v) is 22.6. The van der Waals surface area contributed by atoms with Gasteiger partial charge in [-0.05, 0) is 77.6 Å². The maximum atomic E-state index is 14.4. The van der Waals surface area contributed by atoms with Crippen molar-refractivity contribution in [2.75, 3.05) is 20.2 Å². The van der Waals surface area contributed by atoms with E-state index in [0.29, 0.717) is 52.5 Å². The summed E-state index contributed by atoms with van der Waals surface area (Å²) in [5.74, 6) is -0.479. The van der Waals surface area contributed by atoms with Crippen LogP contribution in [-0.2, 0) is 4.79 Å². The second-order valence-corrected chi connectivity index (χ2v) is 9.09. The summed E-state index contributed by atoms with van der Waals surface area (Å²) >= 11 is 6.48. The third-order valence-electron chi connectivity index (χ3n) is 6.30. The van der Waals surface area contributed by atoms with Crippen LogP contribution in [0.3, 0.4) is 0 Å². The smallest absolute Gasteiger partial charge is 0.266 e. The van der Waals surface area contributed by atoms with Gasteiger partial charge in [-0.1, -0.05) is 48.9 Å². The molecule has 0 saturated carbocycles. The van der Waals surface area contributed by atoms with Crippen molar-refractivity contribution in [3.05, 3.63) is 106 Å². The van der Waals surface area contributed by atoms with Gasteiger partial charge in [0.1, 0.15) is 18.2 Å². The van der Waals surface area contributed by atoms with Crippen LogP contribution in [0.5, 0.6) is 5.75 Å². The molecule has 0 aliphatic heterocycles. The summed E-state index contributed by atoms with van der Waals surface area (Å²) < 4.78 is 34.1. The highest BCUT2D eigenvalue weighted by Gasteiger charge is 2.17. The van der Waals surface area contributed by atoms with E-state index < -0.39 is 11.8 Å². The first-order chi connectivity index (χ1) is 18.9. The molecule has 0 fully saturated rings. The van der Waals surface area contributed by atoms with Gasteiger partial charge in [0.15, 0.2) is 0 Å². The van der Waals surface area contributed by atoms with E-state index in [-0.39, 0.29) is 5.91 Å². The second-order valence-electron chi connectivity index (χ2n) is 8.68. The number of hydrogen-bond donors (Lipinski definition) is 3. The maximum Gasteiger partial charge on any atom is 0.266 e. The number of benzene rings is 3. The average molecular weight is 551 g/mol. The van der Waals surface area contributed by atoms with Crippen molar-refractivity contribution in [3.63, 3.8) is 0 Å². The van der Waals surface area contributed by atoms with Crippen LogP contribution in [0.15, 0.2) is 72.4 Å². The van der Waals surface area contributed by atoms with Gasteiger partial charge in [0.05, 0.1) is 21.6 Å². The van der Waals surface area contributed by atoms with Crippen LogP contribution in [-0.4, -0.2) is 36.3 Å². The monoisotopic (exact) mass is 550 g/mol. The fourth-order valence-corrected chi connectivity index (χ4v) is 4.69. The Morgan fingerprint density at radius 2 is 1.82 bits per heavy atom. The van der Waals surface area contributed by atoms with E-state index in [9.17, 15) is 13.6 Å². The highest BCUT2D eigenvalue weighted by Crippen LogP contribution is 2.38. The fourth-order valence-electron chi connectivity index (χ4n) is 4.41. The normalized spacial score (nSPS) is 12.3. The number of amides is 1. The molecule has 0 saturated heterocycles. The van der Waals surface area contributed by atoms with Gasteiger partial charge < -0.3 is 15.4 Å². The molecule has 1 amide bonds. The van der Waals surface area contributed by atoms with Crippen LogP contribution in [0.4, 0.5) is 8.78 Å². The van der Waals surface area contributed by atoms with Crippen molar-refractivity contribution in [3.8, 4) is 5.75 Å². The molecule has 9 heteroatoms. The molecule has 1 aromatic heterocycles. The second kappa shape index (κ2) is 12.6. The largest absolute Gasteiger partial charge is 0.492 e. The summed E-state index contributed by atoms with van der Waals surface area (Å²) in [4.78, 5) is 11.8. The molecule has 0 bridgehead atoms. The number of ether oxygens (including phenoxy) is 1. The van der Waals surface area contributed by atoms with E-state index in [1.54, 1.807) is 38.2 Å². The molecule has 39 heavy (non-hydrogen) atoms. The van der Waals surface area contributed by atoms with Gasteiger partial charge in [-0.3, -0.25) is 9.89 Å². The molecule has 4 rings (SSSR count). The molecule has 0 atom stereocenters. The van der Waals surface area contributed by atoms with Crippen LogP contribution in [0, 0.1) is 11.8 Å². The molecule has 0 aliphatic rings. The first-order valence-corrected chi connectivity index (χ1v) is 12.9. The van der Waals surface area contributed by atoms with E-state index in [2.05, 4.69) is 20.8 Å². The number of hydrogen-bond acceptors (Lipinski definition) is 4. The van der Waals surface area contributed by atoms with Crippen molar-refractivity contribution in [2.24, 2.45) is 0 Å². The first-order valence-electron chi connectivity index (χ1n) is 12.5. The van der Waals surface area contributed by atoms with Crippen molar-refractivity contribution in [2.45, 2.75) is 20.3 Å². The van der Waals surface area contributed by atoms with Crippen molar-refractivity contribution >= 4 is 39.6 Å². The van der Waals surface area contributed by atoms with Crippen molar-refractivity contribution in [1.29, 1.82) is 0 Å². The number of aromatic amines is 1. The number of allylic oxidation sites excluding steroid dienone is 2. The highest BCUT2D eigenvalue weighted by atomic mass is 35.5. The fraction of sp³-hybridized carbons (Fsp3) is 0.200. The van der Waals surface area contributed by atoms with Gasteiger partial charge in [0.2, 0.25) is 5.95 Å². The molecule has 0 aliphatic carbocycles. The van der Waals surface area contributed by atoms with Gasteiger partial charge in [0, 0.05) is 13.6 Å². The number of aromatic nitrogens is 2. The molecular weight excluding hydrogens is 522 g/mol. The van der Waals surface area contributed by atoms with E-state index in [0.717, 1.165) is 22.3 Å². The topological polar surface area (TPSA) is 79.0 Å². The summed E-state index contributed by atoms with van der Waals surface area (Å²) in [5, 5.41) is 12.7. The summed E-state index contributed by atoms with van der Waals surface area (Å²) in [6.07, 6.45) is 2.29. The minimum atomic E-state index is -0.515. The Hall–Kier alpha value is -4.17. The van der Waals surface area contributed by atoms with Crippen LogP contribution in [0.25, 0.3) is 22.0 Å². The average Bonchev–Trinajstić information content (AvgIpc) is 3.32. The standard InChI is InChI=1S/C30H29ClF2N4O2/c1-4-22(23-12-9-20(32)17-25(23)31)28(19-8-13-27-24(16-19)29(33)37-36-27)18-6-10-21(11-7-18)39-15-14-35-26(5-2)30(38)34-3/h5-13,16-17,35H,4,14-15H2,1-3H3,(H,34,38)(H,36,37)/b26-5-,28-22+. The Balaban J connectivity index is 1.68. The number of fused-ring (bicyclic) bond motifs is 1. The predicted octanol–water partition coefficient (Wildman–Crippen LogP) is 6.48. The van der Waals surface area contributed by atoms with E-state index in [4.69, 9.17) is 16.3 Å². The lowest BCUT2D eigenvalue weighted by atomic mass is 9.87. The number of carbonyl (C=O) groups is 1. The van der Waals surface area contributed by atoms with E-state index in [1.807, 2.05) is 37.3 Å². The zero-order chi connectivity index (χ0) is 27.9. The van der Waals surface area contributed by atoms with Gasteiger partial charge >= 0.3 is 0 Å². The third kappa shape index (κ3) is 6.29. The Morgan fingerprint density at radius 1 is 1.08 bits per heavy atom. The molecule has 0 radical (unpaired) electrons. The van der Waals surface area contributed by atoms with E-state index in [1.165, 1.54) is 12.1 Å². The quantitative estimate of drug-likeness (QED) is 0.120. The molecule has 0 unspecified atom stereocenters. The van der Waals surface area contributed by atoms with Gasteiger partial charge in [-0.15, -0.1) is 0 Å². The summed E-state index contributed by atoms with van der Waals surface area (Å²) in [6, 6.07) is 17.2. The highest BCUT2D eigenvalue weighted by molar-refractivity contribution is 6.32. The van der Waals surface area contributed by atoms with Gasteiger partial charge in [0.25, 0.3) is 5.91 Å². The molecule has 202 valence electrons. The SMILES string of the molecule is C/C=C(\NCCOc1ccc(/C(=C(/CC)c2ccc(F)cc2Cl)c2ccc3n[nH]c(F)c3c2)cc1)C(=O)NC. The number of rotatable bonds is 10. The predicted molar refractivity (Wildman–Crippen MR) is 151 cm³/mol. The van der Waals surface area contributed by atoms with Crippen LogP contribution in [0.2, 0.25) is 5.02 Å². The number of halogens is 3. The number of nitrogens with zero attached hydrogens (tertiary/aromatic N) is 1. The number of carbonyl (C=O) groups excluding carboxylic acids is 1. The molecule has 4 aromatic rings. The lowest BCUT2D eigenvalue weighted by molar-refractivity contribution is -0.117. The molecule has 0 spiro atoms. The Labute approximate surface area is 230 Å². The van der Waals surface area contributed by atoms with Crippen LogP contribution >= 0.6 is 11.6 Å². The third-order valence-corrected chi connectivity index (χ3v) is 6.61. The van der Waals surface area contributed by atoms with E-state index >= 15 is 0 Å². The van der Waals surface area contributed by atoms with Crippen molar-refractivity contribution < 1.29 is 18.3 Å². The number of H-pyrrole nitrogens is 1. The molecule has 6 nitrogen and oxygen atoms in total. The van der Waals surface area contributed by atoms with Gasteiger partial charge in [-0.25, -0.2) is 4.39 Å². The minimum Gasteiger partial charge on any atom is -0.492 e. The molecular formula is C30H29ClF2N4O2. The first kappa shape index (κ1) is 27.9. The number of likely N-dealkylation sites (N-methyl/N-ethyl adjacent to an activating group) is 1. The molecule has 1 heterocycles. The zero-order valence-electron chi connectivity index (χ0n) is 21.9. The van der Waals surface area contributed by atoms with Crippen molar-refractivity contribution in [1.82, 2.24) is 20.8 Å². The Morgan fingerprint density at radius 3 is 2.49 bits per heavy atom. The minimum absolute atomic E-state index is 0.192. The lowest BCUT2D eigenvalue weighted by Gasteiger charge is -2.18.